The number of fused-ring (bicyclic) bond motifs is 2. The first-order valence-corrected chi connectivity index (χ1v) is 8.90. The molecule has 104 valence electrons. The second kappa shape index (κ2) is 5.83. The van der Waals surface area contributed by atoms with Crippen LogP contribution in [0.25, 0.3) is 0 Å². The summed E-state index contributed by atoms with van der Waals surface area (Å²) >= 11 is 3.12. The van der Waals surface area contributed by atoms with Gasteiger partial charge in [-0.3, -0.25) is 4.79 Å². The van der Waals surface area contributed by atoms with Crippen LogP contribution in [0.15, 0.2) is 15.9 Å². The molecule has 0 radical (unpaired) electrons. The number of carbonyl (C=O) groups is 1. The molecular formula is C14H20N2OS2. The summed E-state index contributed by atoms with van der Waals surface area (Å²) in [4.78, 5) is 16.1. The van der Waals surface area contributed by atoms with Gasteiger partial charge in [-0.25, -0.2) is 4.98 Å². The molecule has 2 aliphatic rings. The van der Waals surface area contributed by atoms with Crippen LogP contribution < -0.4 is 5.32 Å². The third-order valence-corrected chi connectivity index (χ3v) is 6.53. The quantitative estimate of drug-likeness (QED) is 0.849. The Hall–Kier alpha value is -0.550. The van der Waals surface area contributed by atoms with Gasteiger partial charge in [0.1, 0.15) is 4.34 Å². The Kier molecular flexibility index (Phi) is 4.12. The molecule has 0 aromatic carbocycles. The molecule has 1 amide bonds. The van der Waals surface area contributed by atoms with E-state index in [-0.39, 0.29) is 5.91 Å². The van der Waals surface area contributed by atoms with Gasteiger partial charge in [0, 0.05) is 17.6 Å². The zero-order valence-corrected chi connectivity index (χ0v) is 12.8. The number of hydrogen-bond donors (Lipinski definition) is 1. The number of amides is 1. The monoisotopic (exact) mass is 296 g/mol. The summed E-state index contributed by atoms with van der Waals surface area (Å²) in [6.45, 7) is 2.18. The molecule has 1 N–H and O–H groups in total. The Bertz CT molecular complexity index is 435. The van der Waals surface area contributed by atoms with Crippen molar-refractivity contribution in [3.8, 4) is 0 Å². The van der Waals surface area contributed by atoms with E-state index >= 15 is 0 Å². The third-order valence-electron chi connectivity index (χ3n) is 4.56. The van der Waals surface area contributed by atoms with Crippen molar-refractivity contribution in [1.29, 1.82) is 0 Å². The van der Waals surface area contributed by atoms with Crippen LogP contribution in [0, 0.1) is 17.8 Å². The standard InChI is InChI=1S/C14H20N2OS2/c1-9(12-7-10-2-3-11(12)6-10)16-13(17)8-19-14-15-4-5-18-14/h4-5,9-12H,2-3,6-8H2,1H3,(H,16,17)/t9-,10+,11+,12-/m1/s1. The maximum absolute atomic E-state index is 12.0. The molecule has 4 atom stereocenters. The molecule has 1 aromatic heterocycles. The zero-order chi connectivity index (χ0) is 13.2. The van der Waals surface area contributed by atoms with Crippen molar-refractivity contribution in [2.24, 2.45) is 17.8 Å². The van der Waals surface area contributed by atoms with Crippen molar-refractivity contribution >= 4 is 29.0 Å². The van der Waals surface area contributed by atoms with E-state index in [0.29, 0.717) is 17.7 Å². The fourth-order valence-electron chi connectivity index (χ4n) is 3.72. The second-order valence-electron chi connectivity index (χ2n) is 5.78. The van der Waals surface area contributed by atoms with Crippen LogP contribution in [0.3, 0.4) is 0 Å². The van der Waals surface area contributed by atoms with E-state index in [1.165, 1.54) is 37.4 Å². The van der Waals surface area contributed by atoms with Crippen LogP contribution in [0.1, 0.15) is 32.6 Å². The summed E-state index contributed by atoms with van der Waals surface area (Å²) in [6, 6.07) is 0.333. The predicted octanol–water partition coefficient (Wildman–Crippen LogP) is 3.18. The topological polar surface area (TPSA) is 42.0 Å². The first kappa shape index (κ1) is 13.4. The van der Waals surface area contributed by atoms with E-state index < -0.39 is 0 Å². The molecule has 2 fully saturated rings. The number of rotatable bonds is 5. The number of aromatic nitrogens is 1. The SMILES string of the molecule is C[C@@H](NC(=O)CSc1nccs1)[C@H]1C[C@H]2CC[C@H]1C2. The van der Waals surface area contributed by atoms with E-state index in [2.05, 4.69) is 17.2 Å². The first-order chi connectivity index (χ1) is 9.22. The van der Waals surface area contributed by atoms with Gasteiger partial charge in [0.05, 0.1) is 5.75 Å². The van der Waals surface area contributed by atoms with Gasteiger partial charge in [-0.2, -0.15) is 0 Å². The van der Waals surface area contributed by atoms with Gasteiger partial charge in [-0.1, -0.05) is 18.2 Å². The van der Waals surface area contributed by atoms with E-state index in [4.69, 9.17) is 0 Å². The summed E-state index contributed by atoms with van der Waals surface area (Å²) in [5.74, 6) is 3.16. The minimum atomic E-state index is 0.149. The lowest BCUT2D eigenvalue weighted by molar-refractivity contribution is -0.119. The summed E-state index contributed by atoms with van der Waals surface area (Å²) in [6.07, 6.45) is 7.30. The highest BCUT2D eigenvalue weighted by Crippen LogP contribution is 2.49. The normalized spacial score (nSPS) is 30.5. The molecule has 3 nitrogen and oxygen atoms in total. The smallest absolute Gasteiger partial charge is 0.230 e. The van der Waals surface area contributed by atoms with E-state index in [1.807, 2.05) is 5.38 Å². The Balaban J connectivity index is 1.44. The Labute approximate surface area is 122 Å². The average molecular weight is 296 g/mol. The lowest BCUT2D eigenvalue weighted by Gasteiger charge is -2.28. The second-order valence-corrected chi connectivity index (χ2v) is 7.90. The number of carbonyl (C=O) groups excluding carboxylic acids is 1. The van der Waals surface area contributed by atoms with Crippen molar-refractivity contribution in [3.63, 3.8) is 0 Å². The average Bonchev–Trinajstić information content (AvgIpc) is 3.13. The maximum atomic E-state index is 12.0. The van der Waals surface area contributed by atoms with Crippen LogP contribution in [0.4, 0.5) is 0 Å². The molecule has 0 saturated heterocycles. The Morgan fingerprint density at radius 1 is 1.58 bits per heavy atom. The first-order valence-electron chi connectivity index (χ1n) is 7.04. The molecule has 1 heterocycles. The van der Waals surface area contributed by atoms with Crippen LogP contribution in [0.5, 0.6) is 0 Å². The summed E-state index contributed by atoms with van der Waals surface area (Å²) in [5, 5.41) is 5.13. The van der Waals surface area contributed by atoms with Gasteiger partial charge < -0.3 is 5.32 Å². The number of thiazole rings is 1. The Morgan fingerprint density at radius 3 is 3.11 bits per heavy atom. The number of hydrogen-bond acceptors (Lipinski definition) is 4. The summed E-state index contributed by atoms with van der Waals surface area (Å²) in [7, 11) is 0. The number of nitrogens with one attached hydrogen (secondary N) is 1. The van der Waals surface area contributed by atoms with E-state index in [0.717, 1.165) is 16.2 Å². The van der Waals surface area contributed by atoms with E-state index in [1.54, 1.807) is 17.5 Å². The van der Waals surface area contributed by atoms with Gasteiger partial charge in [0.25, 0.3) is 0 Å². The largest absolute Gasteiger partial charge is 0.353 e. The van der Waals surface area contributed by atoms with Gasteiger partial charge >= 0.3 is 0 Å². The fraction of sp³-hybridized carbons (Fsp3) is 0.714. The highest BCUT2D eigenvalue weighted by molar-refractivity contribution is 8.01. The minimum absolute atomic E-state index is 0.149. The lowest BCUT2D eigenvalue weighted by Crippen LogP contribution is -2.40. The van der Waals surface area contributed by atoms with Crippen LogP contribution in [0.2, 0.25) is 0 Å². The molecular weight excluding hydrogens is 276 g/mol. The zero-order valence-electron chi connectivity index (χ0n) is 11.2. The van der Waals surface area contributed by atoms with Gasteiger partial charge in [0.2, 0.25) is 5.91 Å². The van der Waals surface area contributed by atoms with Crippen LogP contribution in [-0.4, -0.2) is 22.7 Å². The van der Waals surface area contributed by atoms with Crippen LogP contribution >= 0.6 is 23.1 Å². The molecule has 3 rings (SSSR count). The summed E-state index contributed by atoms with van der Waals surface area (Å²) in [5.41, 5.74) is 0. The van der Waals surface area contributed by atoms with Crippen molar-refractivity contribution < 1.29 is 4.79 Å². The highest BCUT2D eigenvalue weighted by Gasteiger charge is 2.42. The van der Waals surface area contributed by atoms with Crippen molar-refractivity contribution in [2.45, 2.75) is 43.0 Å². The molecule has 2 bridgehead atoms. The molecule has 0 unspecified atom stereocenters. The summed E-state index contributed by atoms with van der Waals surface area (Å²) < 4.78 is 0.975. The fourth-order valence-corrected chi connectivity index (χ4v) is 5.17. The molecule has 0 aliphatic heterocycles. The molecule has 1 aromatic rings. The molecule has 19 heavy (non-hydrogen) atoms. The van der Waals surface area contributed by atoms with Crippen molar-refractivity contribution in [2.75, 3.05) is 5.75 Å². The lowest BCUT2D eigenvalue weighted by atomic mass is 9.84. The number of nitrogens with zero attached hydrogens (tertiary/aromatic N) is 1. The number of thioether (sulfide) groups is 1. The molecule has 0 spiro atoms. The van der Waals surface area contributed by atoms with Gasteiger partial charge in [-0.05, 0) is 43.9 Å². The van der Waals surface area contributed by atoms with Crippen molar-refractivity contribution in [3.05, 3.63) is 11.6 Å². The molecule has 2 saturated carbocycles. The predicted molar refractivity (Wildman–Crippen MR) is 79.4 cm³/mol. The van der Waals surface area contributed by atoms with Crippen LogP contribution in [-0.2, 0) is 4.79 Å². The van der Waals surface area contributed by atoms with Gasteiger partial charge in [-0.15, -0.1) is 11.3 Å². The maximum Gasteiger partial charge on any atom is 0.230 e. The van der Waals surface area contributed by atoms with Crippen molar-refractivity contribution in [1.82, 2.24) is 10.3 Å². The Morgan fingerprint density at radius 2 is 2.47 bits per heavy atom. The molecule has 5 heteroatoms. The third kappa shape index (κ3) is 3.14. The minimum Gasteiger partial charge on any atom is -0.353 e. The molecule has 2 aliphatic carbocycles. The van der Waals surface area contributed by atoms with E-state index in [9.17, 15) is 4.79 Å². The highest BCUT2D eigenvalue weighted by atomic mass is 32.2. The van der Waals surface area contributed by atoms with Gasteiger partial charge in [0.15, 0.2) is 0 Å².